The Kier molecular flexibility index (Phi) is 5.04. The highest BCUT2D eigenvalue weighted by atomic mass is 32.2. The number of nitrogens with two attached hydrogens (primary N) is 1. The summed E-state index contributed by atoms with van der Waals surface area (Å²) in [5.41, 5.74) is 7.23. The molecule has 0 saturated heterocycles. The minimum atomic E-state index is -3.54. The maximum absolute atomic E-state index is 12.2. The standard InChI is InChI=1S/C13H15N3O2S3/c1-9-8-20-13(16-9)7-15-21(17,18)11-4-2-10(3-5-11)6-12(14)19/h2-5,8,15H,6-7H2,1H3,(H2,14,19). The van der Waals surface area contributed by atoms with Crippen molar-refractivity contribution in [2.24, 2.45) is 5.73 Å². The van der Waals surface area contributed by atoms with Crippen LogP contribution in [-0.2, 0) is 23.0 Å². The van der Waals surface area contributed by atoms with Gasteiger partial charge in [-0.3, -0.25) is 0 Å². The molecular weight excluding hydrogens is 326 g/mol. The van der Waals surface area contributed by atoms with E-state index in [1.54, 1.807) is 24.3 Å². The lowest BCUT2D eigenvalue weighted by molar-refractivity contribution is 0.581. The Bertz CT molecular complexity index is 736. The Balaban J connectivity index is 2.06. The van der Waals surface area contributed by atoms with Crippen LogP contribution in [0.1, 0.15) is 16.3 Å². The summed E-state index contributed by atoms with van der Waals surface area (Å²) < 4.78 is 26.9. The smallest absolute Gasteiger partial charge is 0.240 e. The fourth-order valence-corrected chi connectivity index (χ4v) is 3.67. The molecular formula is C13H15N3O2S3. The predicted molar refractivity (Wildman–Crippen MR) is 87.8 cm³/mol. The van der Waals surface area contributed by atoms with Gasteiger partial charge in [0.25, 0.3) is 0 Å². The summed E-state index contributed by atoms with van der Waals surface area (Å²) in [6.07, 6.45) is 0.460. The number of nitrogens with zero attached hydrogens (tertiary/aromatic N) is 1. The van der Waals surface area contributed by atoms with E-state index >= 15 is 0 Å². The first-order valence-electron chi connectivity index (χ1n) is 6.15. The van der Waals surface area contributed by atoms with E-state index in [0.29, 0.717) is 11.4 Å². The summed E-state index contributed by atoms with van der Waals surface area (Å²) >= 11 is 6.25. The van der Waals surface area contributed by atoms with Crippen molar-refractivity contribution >= 4 is 38.6 Å². The minimum Gasteiger partial charge on any atom is -0.393 e. The van der Waals surface area contributed by atoms with Crippen LogP contribution in [0.25, 0.3) is 0 Å². The number of sulfonamides is 1. The maximum Gasteiger partial charge on any atom is 0.240 e. The fraction of sp³-hybridized carbons (Fsp3) is 0.231. The zero-order chi connectivity index (χ0) is 15.5. The molecule has 2 aromatic rings. The fourth-order valence-electron chi connectivity index (χ4n) is 1.71. The maximum atomic E-state index is 12.2. The summed E-state index contributed by atoms with van der Waals surface area (Å²) in [6, 6.07) is 6.51. The summed E-state index contributed by atoms with van der Waals surface area (Å²) in [5, 5.41) is 2.62. The van der Waals surface area contributed by atoms with E-state index in [1.807, 2.05) is 12.3 Å². The van der Waals surface area contributed by atoms with E-state index < -0.39 is 10.0 Å². The van der Waals surface area contributed by atoms with Gasteiger partial charge in [0.15, 0.2) is 0 Å². The Morgan fingerprint density at radius 1 is 1.38 bits per heavy atom. The lowest BCUT2D eigenvalue weighted by atomic mass is 10.1. The lowest BCUT2D eigenvalue weighted by Gasteiger charge is -2.06. The summed E-state index contributed by atoms with van der Waals surface area (Å²) in [4.78, 5) is 4.81. The number of thiazole rings is 1. The van der Waals surface area contributed by atoms with Crippen LogP contribution in [0.3, 0.4) is 0 Å². The second kappa shape index (κ2) is 6.61. The zero-order valence-corrected chi connectivity index (χ0v) is 13.8. The molecule has 0 fully saturated rings. The van der Waals surface area contributed by atoms with Crippen LogP contribution in [0.5, 0.6) is 0 Å². The van der Waals surface area contributed by atoms with Crippen LogP contribution >= 0.6 is 23.6 Å². The Morgan fingerprint density at radius 2 is 2.05 bits per heavy atom. The molecule has 0 spiro atoms. The largest absolute Gasteiger partial charge is 0.393 e. The van der Waals surface area contributed by atoms with Gasteiger partial charge in [-0.05, 0) is 24.6 Å². The van der Waals surface area contributed by atoms with E-state index in [0.717, 1.165) is 16.3 Å². The van der Waals surface area contributed by atoms with Gasteiger partial charge in [0.05, 0.1) is 16.4 Å². The molecule has 2 rings (SSSR count). The van der Waals surface area contributed by atoms with Gasteiger partial charge in [-0.1, -0.05) is 24.4 Å². The van der Waals surface area contributed by atoms with E-state index in [2.05, 4.69) is 9.71 Å². The molecule has 1 heterocycles. The predicted octanol–water partition coefficient (Wildman–Crippen LogP) is 1.76. The number of aryl methyl sites for hydroxylation is 1. The third kappa shape index (κ3) is 4.57. The van der Waals surface area contributed by atoms with Crippen molar-refractivity contribution in [1.29, 1.82) is 0 Å². The SMILES string of the molecule is Cc1csc(CNS(=O)(=O)c2ccc(CC(N)=S)cc2)n1. The van der Waals surface area contributed by atoms with Crippen LogP contribution in [0, 0.1) is 6.92 Å². The number of nitrogens with one attached hydrogen (secondary N) is 1. The quantitative estimate of drug-likeness (QED) is 0.782. The molecule has 1 aromatic heterocycles. The molecule has 1 aromatic carbocycles. The average molecular weight is 341 g/mol. The lowest BCUT2D eigenvalue weighted by Crippen LogP contribution is -2.23. The van der Waals surface area contributed by atoms with E-state index in [9.17, 15) is 8.42 Å². The first kappa shape index (κ1) is 16.0. The molecule has 8 heteroatoms. The van der Waals surface area contributed by atoms with Gasteiger partial charge in [0.1, 0.15) is 5.01 Å². The van der Waals surface area contributed by atoms with Crippen molar-refractivity contribution in [2.45, 2.75) is 24.8 Å². The molecule has 5 nitrogen and oxygen atoms in total. The molecule has 21 heavy (non-hydrogen) atoms. The highest BCUT2D eigenvalue weighted by molar-refractivity contribution is 7.89. The molecule has 0 aliphatic heterocycles. The molecule has 0 radical (unpaired) electrons. The van der Waals surface area contributed by atoms with Crippen LogP contribution in [-0.4, -0.2) is 18.4 Å². The van der Waals surface area contributed by atoms with Gasteiger partial charge in [-0.15, -0.1) is 11.3 Å². The van der Waals surface area contributed by atoms with Gasteiger partial charge in [0.2, 0.25) is 10.0 Å². The third-order valence-electron chi connectivity index (χ3n) is 2.69. The number of hydrogen-bond donors (Lipinski definition) is 2. The van der Waals surface area contributed by atoms with Gasteiger partial charge < -0.3 is 5.73 Å². The Labute approximate surface area is 133 Å². The highest BCUT2D eigenvalue weighted by Crippen LogP contribution is 2.13. The van der Waals surface area contributed by atoms with Gasteiger partial charge in [-0.25, -0.2) is 18.1 Å². The van der Waals surface area contributed by atoms with Gasteiger partial charge in [0, 0.05) is 17.5 Å². The van der Waals surface area contributed by atoms with Crippen molar-refractivity contribution in [3.05, 3.63) is 45.9 Å². The average Bonchev–Trinajstić information content (AvgIpc) is 2.82. The highest BCUT2D eigenvalue weighted by Gasteiger charge is 2.14. The van der Waals surface area contributed by atoms with E-state index in [1.165, 1.54) is 11.3 Å². The number of rotatable bonds is 6. The van der Waals surface area contributed by atoms with Crippen molar-refractivity contribution in [3.63, 3.8) is 0 Å². The van der Waals surface area contributed by atoms with Crippen LogP contribution in [0.4, 0.5) is 0 Å². The van der Waals surface area contributed by atoms with Crippen molar-refractivity contribution in [3.8, 4) is 0 Å². The van der Waals surface area contributed by atoms with Crippen molar-refractivity contribution in [1.82, 2.24) is 9.71 Å². The third-order valence-corrected chi connectivity index (χ3v) is 5.22. The second-order valence-electron chi connectivity index (χ2n) is 4.49. The van der Waals surface area contributed by atoms with Crippen molar-refractivity contribution < 1.29 is 8.42 Å². The summed E-state index contributed by atoms with van der Waals surface area (Å²) in [6.45, 7) is 2.06. The molecule has 112 valence electrons. The Morgan fingerprint density at radius 3 is 2.57 bits per heavy atom. The van der Waals surface area contributed by atoms with Crippen molar-refractivity contribution in [2.75, 3.05) is 0 Å². The number of aromatic nitrogens is 1. The first-order chi connectivity index (χ1) is 9.87. The van der Waals surface area contributed by atoms with Crippen LogP contribution < -0.4 is 10.5 Å². The number of benzene rings is 1. The molecule has 0 aliphatic rings. The second-order valence-corrected chi connectivity index (χ2v) is 7.73. The molecule has 0 atom stereocenters. The summed E-state index contributed by atoms with van der Waals surface area (Å²) in [5.74, 6) is 0. The van der Waals surface area contributed by atoms with Crippen LogP contribution in [0.2, 0.25) is 0 Å². The summed E-state index contributed by atoms with van der Waals surface area (Å²) in [7, 11) is -3.54. The van der Waals surface area contributed by atoms with Crippen LogP contribution in [0.15, 0.2) is 34.5 Å². The Hall–Kier alpha value is -1.35. The van der Waals surface area contributed by atoms with Gasteiger partial charge in [-0.2, -0.15) is 0 Å². The molecule has 0 amide bonds. The molecule has 0 saturated carbocycles. The molecule has 0 bridgehead atoms. The van der Waals surface area contributed by atoms with E-state index in [-0.39, 0.29) is 11.4 Å². The monoisotopic (exact) mass is 341 g/mol. The number of hydrogen-bond acceptors (Lipinski definition) is 5. The van der Waals surface area contributed by atoms with Gasteiger partial charge >= 0.3 is 0 Å². The van der Waals surface area contributed by atoms with E-state index in [4.69, 9.17) is 18.0 Å². The molecule has 0 aliphatic carbocycles. The number of thiocarbonyl (C=S) groups is 1. The topological polar surface area (TPSA) is 85.1 Å². The minimum absolute atomic E-state index is 0.190. The molecule has 3 N–H and O–H groups in total. The zero-order valence-electron chi connectivity index (χ0n) is 11.4. The molecule has 0 unspecified atom stereocenters. The normalized spacial score (nSPS) is 11.5. The first-order valence-corrected chi connectivity index (χ1v) is 8.92.